The SMILES string of the molecule is CC(=O)NCc1ccc(Br)cc1C(F)(F)F.CC(=O)NCc1ccc(Br)cc1Cl.CCC(=O)NCc1ccc(Br)cc1C(F)(F)F. The summed E-state index contributed by atoms with van der Waals surface area (Å²) >= 11 is 15.2. The molecule has 6 nitrogen and oxygen atoms in total. The number of benzene rings is 3. The molecule has 0 saturated heterocycles. The molecule has 3 aromatic carbocycles. The molecule has 0 bridgehead atoms. The second-order valence-corrected chi connectivity index (χ2v) is 12.4. The number of halogens is 10. The largest absolute Gasteiger partial charge is 0.416 e. The van der Waals surface area contributed by atoms with E-state index in [1.807, 2.05) is 12.1 Å². The van der Waals surface area contributed by atoms with Crippen molar-refractivity contribution in [3.63, 3.8) is 0 Å². The molecule has 16 heteroatoms. The zero-order valence-electron chi connectivity index (χ0n) is 24.5. The lowest BCUT2D eigenvalue weighted by molar-refractivity contribution is -0.139. The molecule has 46 heavy (non-hydrogen) atoms. The van der Waals surface area contributed by atoms with Crippen molar-refractivity contribution in [3.8, 4) is 0 Å². The molecule has 0 fully saturated rings. The van der Waals surface area contributed by atoms with E-state index in [9.17, 15) is 40.7 Å². The predicted molar refractivity (Wildman–Crippen MR) is 175 cm³/mol. The summed E-state index contributed by atoms with van der Waals surface area (Å²) in [4.78, 5) is 32.3. The minimum absolute atomic E-state index is 0.0471. The Labute approximate surface area is 292 Å². The normalized spacial score (nSPS) is 10.9. The van der Waals surface area contributed by atoms with Gasteiger partial charge in [0.1, 0.15) is 0 Å². The number of hydrogen-bond acceptors (Lipinski definition) is 3. The van der Waals surface area contributed by atoms with Crippen LogP contribution in [-0.2, 0) is 46.4 Å². The number of nitrogens with one attached hydrogen (secondary N) is 3. The van der Waals surface area contributed by atoms with Gasteiger partial charge in [-0.25, -0.2) is 0 Å². The fourth-order valence-corrected chi connectivity index (χ4v) is 4.82. The van der Waals surface area contributed by atoms with Crippen LogP contribution in [0.1, 0.15) is 55.0 Å². The van der Waals surface area contributed by atoms with Crippen LogP contribution >= 0.6 is 59.4 Å². The third kappa shape index (κ3) is 15.8. The molecule has 0 aliphatic heterocycles. The smallest absolute Gasteiger partial charge is 0.352 e. The first kappa shape index (κ1) is 41.4. The van der Waals surface area contributed by atoms with Gasteiger partial charge < -0.3 is 16.0 Å². The van der Waals surface area contributed by atoms with Crippen LogP contribution in [0.4, 0.5) is 26.3 Å². The summed E-state index contributed by atoms with van der Waals surface area (Å²) < 4.78 is 77.6. The first-order chi connectivity index (χ1) is 21.2. The third-order valence-electron chi connectivity index (χ3n) is 5.62. The number of hydrogen-bond donors (Lipinski definition) is 3. The van der Waals surface area contributed by atoms with E-state index in [1.54, 1.807) is 13.0 Å². The number of carbonyl (C=O) groups is 3. The molecule has 0 atom stereocenters. The van der Waals surface area contributed by atoms with Gasteiger partial charge in [-0.15, -0.1) is 0 Å². The van der Waals surface area contributed by atoms with E-state index in [0.29, 0.717) is 20.5 Å². The van der Waals surface area contributed by atoms with E-state index >= 15 is 0 Å². The van der Waals surface area contributed by atoms with Crippen molar-refractivity contribution in [2.75, 3.05) is 0 Å². The summed E-state index contributed by atoms with van der Waals surface area (Å²) in [7, 11) is 0. The zero-order chi connectivity index (χ0) is 35.2. The Balaban J connectivity index is 0.000000348. The molecule has 0 radical (unpaired) electrons. The molecular weight excluding hydrogens is 840 g/mol. The summed E-state index contributed by atoms with van der Waals surface area (Å²) in [6.45, 7) is 4.61. The predicted octanol–water partition coefficient (Wildman–Crippen LogP) is 9.34. The van der Waals surface area contributed by atoms with Crippen LogP contribution in [0.2, 0.25) is 5.02 Å². The fraction of sp³-hybridized carbons (Fsp3) is 0.300. The van der Waals surface area contributed by atoms with Gasteiger partial charge in [0.15, 0.2) is 0 Å². The molecule has 0 aromatic heterocycles. The van der Waals surface area contributed by atoms with Crippen molar-refractivity contribution in [2.24, 2.45) is 0 Å². The highest BCUT2D eigenvalue weighted by atomic mass is 79.9. The molecule has 3 rings (SSSR count). The summed E-state index contributed by atoms with van der Waals surface area (Å²) in [6, 6.07) is 13.3. The second-order valence-electron chi connectivity index (χ2n) is 9.28. The fourth-order valence-electron chi connectivity index (χ4n) is 3.36. The Morgan fingerprint density at radius 1 is 0.630 bits per heavy atom. The highest BCUT2D eigenvalue weighted by Crippen LogP contribution is 2.35. The Morgan fingerprint density at radius 2 is 0.978 bits per heavy atom. The van der Waals surface area contributed by atoms with Crippen LogP contribution in [0.25, 0.3) is 0 Å². The van der Waals surface area contributed by atoms with Crippen LogP contribution < -0.4 is 16.0 Å². The maximum absolute atomic E-state index is 12.7. The van der Waals surface area contributed by atoms with Crippen LogP contribution in [0.5, 0.6) is 0 Å². The Kier molecular flexibility index (Phi) is 17.3. The highest BCUT2D eigenvalue weighted by molar-refractivity contribution is 9.11. The summed E-state index contributed by atoms with van der Waals surface area (Å²) in [6.07, 6.45) is -8.59. The van der Waals surface area contributed by atoms with Gasteiger partial charge in [0.05, 0.1) is 11.1 Å². The van der Waals surface area contributed by atoms with E-state index < -0.39 is 23.5 Å². The molecule has 0 aliphatic rings. The van der Waals surface area contributed by atoms with Gasteiger partial charge in [0.25, 0.3) is 0 Å². The lowest BCUT2D eigenvalue weighted by atomic mass is 10.1. The molecule has 0 aliphatic carbocycles. The standard InChI is InChI=1S/C11H11BrF3NO.C10H9BrF3NO.C9H9BrClNO/c1-2-10(17)16-6-7-3-4-8(12)5-9(7)11(13,14)15;1-6(16)15-5-7-2-3-8(11)4-9(7)10(12,13)14;1-6(13)12-5-7-2-3-8(10)4-9(7)11/h3-5H,2,6H2,1H3,(H,16,17);2-4H,5H2,1H3,(H,15,16);2-4H,5H2,1H3,(H,12,13). The topological polar surface area (TPSA) is 87.3 Å². The lowest BCUT2D eigenvalue weighted by Gasteiger charge is -2.13. The third-order valence-corrected chi connectivity index (χ3v) is 7.45. The average Bonchev–Trinajstić information content (AvgIpc) is 2.94. The molecule has 252 valence electrons. The van der Waals surface area contributed by atoms with Crippen molar-refractivity contribution >= 4 is 77.1 Å². The summed E-state index contributed by atoms with van der Waals surface area (Å²) in [5.74, 6) is -0.698. The number of amides is 3. The number of rotatable bonds is 7. The summed E-state index contributed by atoms with van der Waals surface area (Å²) in [5, 5.41) is 8.10. The molecule has 0 heterocycles. The van der Waals surface area contributed by atoms with Crippen molar-refractivity contribution in [2.45, 2.75) is 59.2 Å². The Bertz CT molecular complexity index is 1500. The molecule has 0 saturated carbocycles. The highest BCUT2D eigenvalue weighted by Gasteiger charge is 2.34. The van der Waals surface area contributed by atoms with Crippen molar-refractivity contribution in [3.05, 3.63) is 101 Å². The van der Waals surface area contributed by atoms with Gasteiger partial charge in [0, 0.05) is 58.3 Å². The molecular formula is C30H29Br3ClF6N3O3. The monoisotopic (exact) mass is 865 g/mol. The van der Waals surface area contributed by atoms with Gasteiger partial charge >= 0.3 is 12.4 Å². The van der Waals surface area contributed by atoms with Crippen molar-refractivity contribution in [1.82, 2.24) is 16.0 Å². The maximum atomic E-state index is 12.7. The number of alkyl halides is 6. The van der Waals surface area contributed by atoms with E-state index in [2.05, 4.69) is 63.7 Å². The van der Waals surface area contributed by atoms with Gasteiger partial charge in [-0.2, -0.15) is 26.3 Å². The lowest BCUT2D eigenvalue weighted by Crippen LogP contribution is -2.23. The van der Waals surface area contributed by atoms with Crippen LogP contribution in [0.3, 0.4) is 0 Å². The van der Waals surface area contributed by atoms with E-state index in [1.165, 1.54) is 38.1 Å². The van der Waals surface area contributed by atoms with Crippen LogP contribution in [-0.4, -0.2) is 17.7 Å². The Hall–Kier alpha value is -2.62. The van der Waals surface area contributed by atoms with Gasteiger partial charge in [0.2, 0.25) is 17.7 Å². The van der Waals surface area contributed by atoms with Crippen LogP contribution in [0.15, 0.2) is 68.0 Å². The molecule has 0 spiro atoms. The molecule has 3 N–H and O–H groups in total. The van der Waals surface area contributed by atoms with Crippen molar-refractivity contribution in [1.29, 1.82) is 0 Å². The summed E-state index contributed by atoms with van der Waals surface area (Å²) in [5.41, 5.74) is -0.452. The first-order valence-electron chi connectivity index (χ1n) is 13.1. The second kappa shape index (κ2) is 19.3. The minimum atomic E-state index is -4.42. The van der Waals surface area contributed by atoms with Gasteiger partial charge in [-0.05, 0) is 53.1 Å². The van der Waals surface area contributed by atoms with E-state index in [-0.39, 0.29) is 48.4 Å². The van der Waals surface area contributed by atoms with Gasteiger partial charge in [-0.1, -0.05) is 84.5 Å². The Morgan fingerprint density at radius 3 is 1.33 bits per heavy atom. The van der Waals surface area contributed by atoms with Crippen LogP contribution in [0, 0.1) is 0 Å². The number of carbonyl (C=O) groups excluding carboxylic acids is 3. The molecule has 3 amide bonds. The average molecular weight is 869 g/mol. The molecule has 3 aromatic rings. The first-order valence-corrected chi connectivity index (χ1v) is 15.9. The quantitative estimate of drug-likeness (QED) is 0.207. The van der Waals surface area contributed by atoms with Crippen molar-refractivity contribution < 1.29 is 40.7 Å². The van der Waals surface area contributed by atoms with E-state index in [4.69, 9.17) is 11.6 Å². The minimum Gasteiger partial charge on any atom is -0.352 e. The van der Waals surface area contributed by atoms with E-state index in [0.717, 1.165) is 22.2 Å². The zero-order valence-corrected chi connectivity index (χ0v) is 30.0. The molecule has 0 unspecified atom stereocenters. The van der Waals surface area contributed by atoms with Gasteiger partial charge in [-0.3, -0.25) is 14.4 Å². The maximum Gasteiger partial charge on any atom is 0.416 e.